The first kappa shape index (κ1) is 17.3. The van der Waals surface area contributed by atoms with Crippen LogP contribution in [0.3, 0.4) is 0 Å². The lowest BCUT2D eigenvalue weighted by atomic mass is 10.2. The van der Waals surface area contributed by atoms with Crippen molar-refractivity contribution >= 4 is 39.1 Å². The summed E-state index contributed by atoms with van der Waals surface area (Å²) in [4.78, 5) is 2.20. The van der Waals surface area contributed by atoms with Crippen molar-refractivity contribution < 1.29 is 8.42 Å². The van der Waals surface area contributed by atoms with Crippen LogP contribution in [0.4, 0.5) is 5.69 Å². The number of sulfonamides is 1. The van der Waals surface area contributed by atoms with Gasteiger partial charge in [-0.05, 0) is 48.5 Å². The van der Waals surface area contributed by atoms with Crippen LogP contribution in [0.15, 0.2) is 58.6 Å². The summed E-state index contributed by atoms with van der Waals surface area (Å²) in [5.41, 5.74) is 1.83. The zero-order valence-corrected chi connectivity index (χ0v) is 15.8. The molecule has 4 rings (SSSR count). The van der Waals surface area contributed by atoms with Gasteiger partial charge < -0.3 is 4.90 Å². The van der Waals surface area contributed by atoms with Crippen molar-refractivity contribution in [3.63, 3.8) is 0 Å². The maximum atomic E-state index is 11.4. The average molecular weight is 408 g/mol. The van der Waals surface area contributed by atoms with Gasteiger partial charge in [0.15, 0.2) is 11.0 Å². The third-order valence-corrected chi connectivity index (χ3v) is 6.19. The predicted octanol–water partition coefficient (Wildman–Crippen LogP) is 2.77. The number of halogens is 1. The summed E-state index contributed by atoms with van der Waals surface area (Å²) >= 11 is 7.52. The van der Waals surface area contributed by atoms with Crippen molar-refractivity contribution in [3.05, 3.63) is 53.6 Å². The van der Waals surface area contributed by atoms with E-state index in [4.69, 9.17) is 16.7 Å². The van der Waals surface area contributed by atoms with E-state index in [1.54, 1.807) is 23.9 Å². The first-order valence-electron chi connectivity index (χ1n) is 7.61. The quantitative estimate of drug-likeness (QED) is 0.717. The Morgan fingerprint density at radius 1 is 1.04 bits per heavy atom. The van der Waals surface area contributed by atoms with Gasteiger partial charge in [-0.25, -0.2) is 13.6 Å². The van der Waals surface area contributed by atoms with Gasteiger partial charge in [0.2, 0.25) is 10.0 Å². The molecule has 134 valence electrons. The Labute approximate surface area is 159 Å². The van der Waals surface area contributed by atoms with Gasteiger partial charge in [0.05, 0.1) is 17.4 Å². The number of fused-ring (bicyclic) bond motifs is 1. The molecule has 0 unspecified atom stereocenters. The molecule has 3 aromatic rings. The predicted molar refractivity (Wildman–Crippen MR) is 101 cm³/mol. The minimum absolute atomic E-state index is 0.0951. The maximum absolute atomic E-state index is 11.4. The van der Waals surface area contributed by atoms with Crippen LogP contribution in [-0.2, 0) is 16.7 Å². The molecular formula is C16H14ClN5O2S2. The van der Waals surface area contributed by atoms with E-state index in [0.29, 0.717) is 17.6 Å². The number of thioether (sulfide) groups is 1. The summed E-state index contributed by atoms with van der Waals surface area (Å²) in [5, 5.41) is 15.2. The summed E-state index contributed by atoms with van der Waals surface area (Å²) in [6.45, 7) is 0.558. The molecule has 0 atom stereocenters. The molecule has 0 bridgehead atoms. The van der Waals surface area contributed by atoms with Crippen LogP contribution in [0.5, 0.6) is 0 Å². The topological polar surface area (TPSA) is 94.1 Å². The molecular weight excluding hydrogens is 394 g/mol. The van der Waals surface area contributed by atoms with Crippen LogP contribution in [-0.4, -0.2) is 29.1 Å². The molecule has 2 N–H and O–H groups in total. The highest BCUT2D eigenvalue weighted by Gasteiger charge is 2.23. The third kappa shape index (κ3) is 3.30. The lowest BCUT2D eigenvalue weighted by Crippen LogP contribution is -2.30. The smallest absolute Gasteiger partial charge is 0.238 e. The Bertz CT molecular complexity index is 1050. The molecule has 26 heavy (non-hydrogen) atoms. The first-order valence-corrected chi connectivity index (χ1v) is 10.5. The second-order valence-corrected chi connectivity index (χ2v) is 8.64. The largest absolute Gasteiger partial charge is 0.344 e. The standard InChI is InChI=1S/C16H14ClN5O2S2/c17-12-3-1-11(2-4-12)15-19-20-16-22(15)9-21(10-25-16)13-5-7-14(8-6-13)26(18,23)24/h1-8H,9-10H2,(H2,18,23,24). The van der Waals surface area contributed by atoms with Gasteiger partial charge in [0.1, 0.15) is 0 Å². The summed E-state index contributed by atoms with van der Waals surface area (Å²) in [6, 6.07) is 14.0. The third-order valence-electron chi connectivity index (χ3n) is 4.01. The number of nitrogens with two attached hydrogens (primary N) is 1. The van der Waals surface area contributed by atoms with Crippen LogP contribution < -0.4 is 10.0 Å². The number of benzene rings is 2. The monoisotopic (exact) mass is 407 g/mol. The van der Waals surface area contributed by atoms with E-state index >= 15 is 0 Å². The van der Waals surface area contributed by atoms with Crippen molar-refractivity contribution in [2.45, 2.75) is 16.7 Å². The Kier molecular flexibility index (Phi) is 4.39. The van der Waals surface area contributed by atoms with Crippen molar-refractivity contribution in [3.8, 4) is 11.4 Å². The van der Waals surface area contributed by atoms with Gasteiger partial charge in [0, 0.05) is 16.3 Å². The molecule has 0 radical (unpaired) electrons. The molecule has 2 heterocycles. The van der Waals surface area contributed by atoms with E-state index in [1.165, 1.54) is 12.1 Å². The second-order valence-electron chi connectivity index (χ2n) is 5.73. The van der Waals surface area contributed by atoms with Crippen molar-refractivity contribution in [2.24, 2.45) is 5.14 Å². The summed E-state index contributed by atoms with van der Waals surface area (Å²) in [6.07, 6.45) is 0. The van der Waals surface area contributed by atoms with E-state index in [0.717, 1.165) is 22.2 Å². The number of hydrogen-bond donors (Lipinski definition) is 1. The highest BCUT2D eigenvalue weighted by atomic mass is 35.5. The minimum Gasteiger partial charge on any atom is -0.344 e. The number of rotatable bonds is 3. The van der Waals surface area contributed by atoms with Crippen LogP contribution in [0.2, 0.25) is 5.02 Å². The van der Waals surface area contributed by atoms with E-state index in [9.17, 15) is 8.42 Å². The van der Waals surface area contributed by atoms with E-state index in [-0.39, 0.29) is 4.90 Å². The van der Waals surface area contributed by atoms with Gasteiger partial charge in [0.25, 0.3) is 0 Å². The highest BCUT2D eigenvalue weighted by Crippen LogP contribution is 2.32. The Hall–Kier alpha value is -2.07. The van der Waals surface area contributed by atoms with Gasteiger partial charge >= 0.3 is 0 Å². The van der Waals surface area contributed by atoms with Crippen LogP contribution in [0.25, 0.3) is 11.4 Å². The SMILES string of the molecule is NS(=O)(=O)c1ccc(N2CSc3nnc(-c4ccc(Cl)cc4)n3C2)cc1. The van der Waals surface area contributed by atoms with Crippen LogP contribution in [0.1, 0.15) is 0 Å². The molecule has 1 aliphatic rings. The lowest BCUT2D eigenvalue weighted by Gasteiger charge is -2.29. The normalized spacial score (nSPS) is 14.3. The molecule has 2 aromatic carbocycles. The van der Waals surface area contributed by atoms with E-state index in [2.05, 4.69) is 15.1 Å². The molecule has 0 fully saturated rings. The van der Waals surface area contributed by atoms with Crippen LogP contribution >= 0.6 is 23.4 Å². The molecule has 0 saturated carbocycles. The summed E-state index contributed by atoms with van der Waals surface area (Å²) in [7, 11) is -3.70. The lowest BCUT2D eigenvalue weighted by molar-refractivity contribution is 0.597. The zero-order valence-electron chi connectivity index (χ0n) is 13.4. The van der Waals surface area contributed by atoms with Crippen molar-refractivity contribution in [1.29, 1.82) is 0 Å². The fourth-order valence-electron chi connectivity index (χ4n) is 2.69. The van der Waals surface area contributed by atoms with Crippen molar-refractivity contribution in [1.82, 2.24) is 14.8 Å². The molecule has 1 aliphatic heterocycles. The fourth-order valence-corrected chi connectivity index (χ4v) is 4.23. The zero-order chi connectivity index (χ0) is 18.3. The molecule has 0 amide bonds. The molecule has 7 nitrogen and oxygen atoms in total. The molecule has 10 heteroatoms. The second kappa shape index (κ2) is 6.58. The summed E-state index contributed by atoms with van der Waals surface area (Å²) < 4.78 is 24.8. The van der Waals surface area contributed by atoms with E-state index < -0.39 is 10.0 Å². The number of hydrogen-bond acceptors (Lipinski definition) is 6. The Morgan fingerprint density at radius 2 is 1.73 bits per heavy atom. The number of anilines is 1. The van der Waals surface area contributed by atoms with Gasteiger partial charge in [-0.3, -0.25) is 4.57 Å². The maximum Gasteiger partial charge on any atom is 0.238 e. The molecule has 0 saturated heterocycles. The van der Waals surface area contributed by atoms with Crippen molar-refractivity contribution in [2.75, 3.05) is 10.8 Å². The number of primary sulfonamides is 1. The van der Waals surface area contributed by atoms with E-state index in [1.807, 2.05) is 28.8 Å². The van der Waals surface area contributed by atoms with Gasteiger partial charge in [-0.15, -0.1) is 10.2 Å². The van der Waals surface area contributed by atoms with Crippen LogP contribution in [0, 0.1) is 0 Å². The highest BCUT2D eigenvalue weighted by molar-refractivity contribution is 7.99. The number of aromatic nitrogens is 3. The Morgan fingerprint density at radius 3 is 2.38 bits per heavy atom. The van der Waals surface area contributed by atoms with Gasteiger partial charge in [-0.2, -0.15) is 0 Å². The average Bonchev–Trinajstić information content (AvgIpc) is 3.05. The Balaban J connectivity index is 1.63. The fraction of sp³-hybridized carbons (Fsp3) is 0.125. The summed E-state index contributed by atoms with van der Waals surface area (Å²) in [5.74, 6) is 1.45. The number of nitrogens with zero attached hydrogens (tertiary/aromatic N) is 4. The minimum atomic E-state index is -3.70. The molecule has 0 spiro atoms. The molecule has 1 aromatic heterocycles. The molecule has 0 aliphatic carbocycles. The first-order chi connectivity index (χ1) is 12.4. The van der Waals surface area contributed by atoms with Gasteiger partial charge in [-0.1, -0.05) is 23.4 Å².